The van der Waals surface area contributed by atoms with Crippen LogP contribution in [0, 0.1) is 0 Å². The van der Waals surface area contributed by atoms with Crippen molar-refractivity contribution in [1.82, 2.24) is 9.97 Å². The Morgan fingerprint density at radius 2 is 1.95 bits per heavy atom. The van der Waals surface area contributed by atoms with E-state index in [0.29, 0.717) is 0 Å². The number of anilines is 2. The number of rotatable bonds is 5. The number of nitrogens with zero attached hydrogens (tertiary/aromatic N) is 4. The quantitative estimate of drug-likeness (QED) is 0.900. The van der Waals surface area contributed by atoms with Crippen LogP contribution in [-0.4, -0.2) is 48.4 Å². The van der Waals surface area contributed by atoms with E-state index in [1.807, 2.05) is 0 Å². The van der Waals surface area contributed by atoms with Crippen molar-refractivity contribution in [3.63, 3.8) is 0 Å². The molecule has 0 amide bonds. The van der Waals surface area contributed by atoms with Gasteiger partial charge < -0.3 is 14.9 Å². The zero-order chi connectivity index (χ0) is 15.6. The van der Waals surface area contributed by atoms with Crippen LogP contribution in [0.5, 0.6) is 0 Å². The Balaban J connectivity index is 2.42. The summed E-state index contributed by atoms with van der Waals surface area (Å²) in [6, 6.07) is 1.04. The van der Waals surface area contributed by atoms with E-state index in [-0.39, 0.29) is 31.0 Å². The minimum absolute atomic E-state index is 0.0345. The van der Waals surface area contributed by atoms with Gasteiger partial charge in [-0.15, -0.1) is 0 Å². The highest BCUT2D eigenvalue weighted by Gasteiger charge is 2.35. The number of aromatic nitrogens is 2. The molecule has 1 aliphatic rings. The summed E-state index contributed by atoms with van der Waals surface area (Å²) in [7, 11) is 3.26. The second kappa shape index (κ2) is 6.05. The number of hydrogen-bond donors (Lipinski definition) is 1. The molecule has 1 heterocycles. The predicted octanol–water partition coefficient (Wildman–Crippen LogP) is 1.91. The van der Waals surface area contributed by atoms with Gasteiger partial charge in [-0.2, -0.15) is 18.2 Å². The first-order chi connectivity index (χ1) is 9.82. The molecule has 0 aromatic carbocycles. The third-order valence-electron chi connectivity index (χ3n) is 3.56. The Kier molecular flexibility index (Phi) is 4.55. The molecule has 0 saturated heterocycles. The first-order valence-corrected chi connectivity index (χ1v) is 6.84. The molecule has 1 fully saturated rings. The Morgan fingerprint density at radius 1 is 1.29 bits per heavy atom. The van der Waals surface area contributed by atoms with Crippen molar-refractivity contribution in [2.24, 2.45) is 0 Å². The standard InChI is InChI=1S/C13H19F3N4O/c1-19(2)11-8-10(13(14,15)16)17-12(18-11)20(6-7-21)9-4-3-5-9/h8-9,21H,3-7H2,1-2H3. The van der Waals surface area contributed by atoms with Gasteiger partial charge in [-0.3, -0.25) is 0 Å². The molecule has 0 atom stereocenters. The Hall–Kier alpha value is -1.57. The van der Waals surface area contributed by atoms with Crippen LogP contribution in [0.2, 0.25) is 0 Å². The summed E-state index contributed by atoms with van der Waals surface area (Å²) in [6.07, 6.45) is -1.72. The van der Waals surface area contributed by atoms with Gasteiger partial charge in [0, 0.05) is 32.7 Å². The second-order valence-electron chi connectivity index (χ2n) is 5.31. The third-order valence-corrected chi connectivity index (χ3v) is 3.56. The molecule has 1 N–H and O–H groups in total. The Labute approximate surface area is 121 Å². The van der Waals surface area contributed by atoms with Crippen LogP contribution in [0.4, 0.5) is 24.9 Å². The van der Waals surface area contributed by atoms with Crippen LogP contribution in [0.15, 0.2) is 6.07 Å². The number of aliphatic hydroxyl groups excluding tert-OH is 1. The molecule has 0 unspecified atom stereocenters. The topological polar surface area (TPSA) is 52.5 Å². The number of hydrogen-bond acceptors (Lipinski definition) is 5. The molecule has 0 spiro atoms. The smallest absolute Gasteiger partial charge is 0.395 e. The molecule has 118 valence electrons. The summed E-state index contributed by atoms with van der Waals surface area (Å²) in [5.74, 6) is 0.238. The highest BCUT2D eigenvalue weighted by molar-refractivity contribution is 5.46. The lowest BCUT2D eigenvalue weighted by Crippen LogP contribution is -2.43. The molecule has 5 nitrogen and oxygen atoms in total. The molecule has 21 heavy (non-hydrogen) atoms. The fourth-order valence-electron chi connectivity index (χ4n) is 2.18. The maximum absolute atomic E-state index is 13.0. The van der Waals surface area contributed by atoms with Gasteiger partial charge in [0.1, 0.15) is 5.82 Å². The van der Waals surface area contributed by atoms with E-state index in [9.17, 15) is 13.2 Å². The van der Waals surface area contributed by atoms with Crippen LogP contribution in [0.25, 0.3) is 0 Å². The van der Waals surface area contributed by atoms with Gasteiger partial charge in [-0.25, -0.2) is 4.98 Å². The lowest BCUT2D eigenvalue weighted by molar-refractivity contribution is -0.141. The number of aliphatic hydroxyl groups is 1. The van der Waals surface area contributed by atoms with Crippen LogP contribution < -0.4 is 9.80 Å². The van der Waals surface area contributed by atoms with E-state index in [1.165, 1.54) is 4.90 Å². The molecule has 0 aliphatic heterocycles. The largest absolute Gasteiger partial charge is 0.433 e. The monoisotopic (exact) mass is 304 g/mol. The molecule has 8 heteroatoms. The number of halogens is 3. The maximum Gasteiger partial charge on any atom is 0.433 e. The van der Waals surface area contributed by atoms with E-state index < -0.39 is 11.9 Å². The third kappa shape index (κ3) is 3.55. The van der Waals surface area contributed by atoms with Gasteiger partial charge in [0.2, 0.25) is 5.95 Å². The summed E-state index contributed by atoms with van der Waals surface area (Å²) in [6.45, 7) is 0.0895. The average molecular weight is 304 g/mol. The first-order valence-electron chi connectivity index (χ1n) is 6.84. The molecule has 1 aromatic heterocycles. The van der Waals surface area contributed by atoms with Crippen molar-refractivity contribution in [1.29, 1.82) is 0 Å². The summed E-state index contributed by atoms with van der Waals surface area (Å²) >= 11 is 0. The summed E-state index contributed by atoms with van der Waals surface area (Å²) in [5.41, 5.74) is -0.960. The fraction of sp³-hybridized carbons (Fsp3) is 0.692. The van der Waals surface area contributed by atoms with Gasteiger partial charge in [0.05, 0.1) is 6.61 Å². The summed E-state index contributed by atoms with van der Waals surface area (Å²) in [5, 5.41) is 9.14. The van der Waals surface area contributed by atoms with E-state index >= 15 is 0 Å². The summed E-state index contributed by atoms with van der Waals surface area (Å²) in [4.78, 5) is 11.0. The lowest BCUT2D eigenvalue weighted by atomic mass is 9.92. The van der Waals surface area contributed by atoms with E-state index in [2.05, 4.69) is 9.97 Å². The summed E-state index contributed by atoms with van der Waals surface area (Å²) < 4.78 is 38.9. The van der Waals surface area contributed by atoms with Crippen molar-refractivity contribution in [3.8, 4) is 0 Å². The number of alkyl halides is 3. The Bertz CT molecular complexity index is 489. The van der Waals surface area contributed by atoms with Crippen LogP contribution in [0.1, 0.15) is 25.0 Å². The average Bonchev–Trinajstić information content (AvgIpc) is 2.34. The zero-order valence-corrected chi connectivity index (χ0v) is 12.1. The van der Waals surface area contributed by atoms with Crippen molar-refractivity contribution >= 4 is 11.8 Å². The van der Waals surface area contributed by atoms with E-state index in [1.54, 1.807) is 19.0 Å². The first kappa shape index (κ1) is 15.8. The van der Waals surface area contributed by atoms with Crippen LogP contribution in [0.3, 0.4) is 0 Å². The highest BCUT2D eigenvalue weighted by atomic mass is 19.4. The van der Waals surface area contributed by atoms with Gasteiger partial charge in [-0.1, -0.05) is 0 Å². The highest BCUT2D eigenvalue weighted by Crippen LogP contribution is 2.33. The minimum Gasteiger partial charge on any atom is -0.395 e. The van der Waals surface area contributed by atoms with Gasteiger partial charge in [0.25, 0.3) is 0 Å². The van der Waals surface area contributed by atoms with Crippen LogP contribution >= 0.6 is 0 Å². The molecule has 0 bridgehead atoms. The van der Waals surface area contributed by atoms with Crippen molar-refractivity contribution in [2.75, 3.05) is 37.0 Å². The lowest BCUT2D eigenvalue weighted by Gasteiger charge is -2.37. The predicted molar refractivity (Wildman–Crippen MR) is 73.4 cm³/mol. The van der Waals surface area contributed by atoms with Crippen molar-refractivity contribution in [3.05, 3.63) is 11.8 Å². The maximum atomic E-state index is 13.0. The molecule has 0 radical (unpaired) electrons. The van der Waals surface area contributed by atoms with Gasteiger partial charge in [-0.05, 0) is 19.3 Å². The van der Waals surface area contributed by atoms with Crippen molar-refractivity contribution in [2.45, 2.75) is 31.5 Å². The molecular weight excluding hydrogens is 285 g/mol. The molecule has 2 rings (SSSR count). The normalized spacial score (nSPS) is 15.7. The van der Waals surface area contributed by atoms with Crippen LogP contribution in [-0.2, 0) is 6.18 Å². The van der Waals surface area contributed by atoms with Gasteiger partial charge >= 0.3 is 6.18 Å². The molecule has 1 saturated carbocycles. The van der Waals surface area contributed by atoms with Crippen molar-refractivity contribution < 1.29 is 18.3 Å². The van der Waals surface area contributed by atoms with Gasteiger partial charge in [0.15, 0.2) is 5.69 Å². The SMILES string of the molecule is CN(C)c1cc(C(F)(F)F)nc(N(CCO)C2CCC2)n1. The molecule has 1 aliphatic carbocycles. The second-order valence-corrected chi connectivity index (χ2v) is 5.31. The molecular formula is C13H19F3N4O. The van der Waals surface area contributed by atoms with E-state index in [0.717, 1.165) is 25.3 Å². The molecule has 1 aromatic rings. The fourth-order valence-corrected chi connectivity index (χ4v) is 2.18. The Morgan fingerprint density at radius 3 is 2.38 bits per heavy atom. The van der Waals surface area contributed by atoms with E-state index in [4.69, 9.17) is 5.11 Å². The minimum atomic E-state index is -4.52. The zero-order valence-electron chi connectivity index (χ0n) is 12.1.